The molecule has 0 bridgehead atoms. The fourth-order valence-corrected chi connectivity index (χ4v) is 2.28. The van der Waals surface area contributed by atoms with Gasteiger partial charge in [-0.25, -0.2) is 0 Å². The van der Waals surface area contributed by atoms with Gasteiger partial charge in [0.25, 0.3) is 0 Å². The monoisotopic (exact) mass is 239 g/mol. The van der Waals surface area contributed by atoms with E-state index < -0.39 is 0 Å². The summed E-state index contributed by atoms with van der Waals surface area (Å²) >= 11 is 0. The van der Waals surface area contributed by atoms with E-state index in [1.807, 2.05) is 0 Å². The summed E-state index contributed by atoms with van der Waals surface area (Å²) in [4.78, 5) is 24.1. The molecular formula is C14H25NO2. The Morgan fingerprint density at radius 2 is 1.29 bits per heavy atom. The zero-order valence-corrected chi connectivity index (χ0v) is 11.0. The van der Waals surface area contributed by atoms with E-state index in [4.69, 9.17) is 0 Å². The van der Waals surface area contributed by atoms with Crippen LogP contribution in [-0.4, -0.2) is 23.3 Å². The van der Waals surface area contributed by atoms with Gasteiger partial charge in [0.2, 0.25) is 11.8 Å². The fraction of sp³-hybridized carbons (Fsp3) is 0.857. The topological polar surface area (TPSA) is 37.4 Å². The molecule has 1 heterocycles. The summed E-state index contributed by atoms with van der Waals surface area (Å²) in [5.74, 6) is 0.0518. The second-order valence-corrected chi connectivity index (χ2v) is 4.91. The van der Waals surface area contributed by atoms with Gasteiger partial charge in [0.15, 0.2) is 0 Å². The second kappa shape index (κ2) is 8.26. The summed E-state index contributed by atoms with van der Waals surface area (Å²) in [5, 5.41) is 0. The van der Waals surface area contributed by atoms with Crippen molar-refractivity contribution in [2.45, 2.75) is 71.1 Å². The van der Waals surface area contributed by atoms with Gasteiger partial charge in [-0.3, -0.25) is 14.5 Å². The molecular weight excluding hydrogens is 214 g/mol. The first-order valence-electron chi connectivity index (χ1n) is 7.09. The van der Waals surface area contributed by atoms with E-state index in [2.05, 4.69) is 6.92 Å². The number of imide groups is 1. The Morgan fingerprint density at radius 1 is 0.824 bits per heavy atom. The fourth-order valence-electron chi connectivity index (χ4n) is 2.28. The van der Waals surface area contributed by atoms with E-state index in [0.29, 0.717) is 19.4 Å². The van der Waals surface area contributed by atoms with Crippen LogP contribution in [0.5, 0.6) is 0 Å². The van der Waals surface area contributed by atoms with Crippen LogP contribution in [0.15, 0.2) is 0 Å². The molecule has 3 heteroatoms. The van der Waals surface area contributed by atoms with Gasteiger partial charge in [0, 0.05) is 19.4 Å². The lowest BCUT2D eigenvalue weighted by atomic mass is 10.1. The molecule has 3 nitrogen and oxygen atoms in total. The van der Waals surface area contributed by atoms with Crippen LogP contribution in [0.3, 0.4) is 0 Å². The number of carbonyl (C=O) groups excluding carboxylic acids is 2. The molecule has 0 unspecified atom stereocenters. The molecule has 1 rings (SSSR count). The standard InChI is InChI=1S/C14H25NO2/c1-2-3-4-5-6-7-8-9-12-15-13(16)10-11-14(15)17/h2-12H2,1H3. The highest BCUT2D eigenvalue weighted by molar-refractivity contribution is 6.01. The molecule has 98 valence electrons. The van der Waals surface area contributed by atoms with E-state index in [-0.39, 0.29) is 11.8 Å². The largest absolute Gasteiger partial charge is 0.283 e. The van der Waals surface area contributed by atoms with Gasteiger partial charge in [0.05, 0.1) is 0 Å². The SMILES string of the molecule is CCCCCCCCCCN1C(=O)CCC1=O. The average molecular weight is 239 g/mol. The first kappa shape index (κ1) is 14.2. The molecule has 0 N–H and O–H groups in total. The van der Waals surface area contributed by atoms with Crippen molar-refractivity contribution in [2.75, 3.05) is 6.54 Å². The third-order valence-electron chi connectivity index (χ3n) is 3.39. The molecule has 17 heavy (non-hydrogen) atoms. The van der Waals surface area contributed by atoms with Crippen molar-refractivity contribution in [3.05, 3.63) is 0 Å². The lowest BCUT2D eigenvalue weighted by Gasteiger charge is -2.12. The van der Waals surface area contributed by atoms with E-state index in [0.717, 1.165) is 12.8 Å². The van der Waals surface area contributed by atoms with Crippen LogP contribution in [0.25, 0.3) is 0 Å². The highest BCUT2D eigenvalue weighted by atomic mass is 16.2. The summed E-state index contributed by atoms with van der Waals surface area (Å²) in [6.45, 7) is 2.87. The molecule has 1 fully saturated rings. The Bertz CT molecular complexity index is 235. The molecule has 1 aliphatic rings. The molecule has 0 aromatic rings. The number of nitrogens with zero attached hydrogens (tertiary/aromatic N) is 1. The molecule has 1 saturated heterocycles. The lowest BCUT2D eigenvalue weighted by molar-refractivity contribution is -0.138. The van der Waals surface area contributed by atoms with Gasteiger partial charge < -0.3 is 0 Å². The van der Waals surface area contributed by atoms with E-state index in [1.165, 1.54) is 43.4 Å². The van der Waals surface area contributed by atoms with E-state index >= 15 is 0 Å². The van der Waals surface area contributed by atoms with Crippen LogP contribution >= 0.6 is 0 Å². The van der Waals surface area contributed by atoms with Gasteiger partial charge in [-0.2, -0.15) is 0 Å². The molecule has 0 aliphatic carbocycles. The second-order valence-electron chi connectivity index (χ2n) is 4.91. The molecule has 0 aromatic carbocycles. The molecule has 0 radical (unpaired) electrons. The van der Waals surface area contributed by atoms with Gasteiger partial charge in [-0.05, 0) is 6.42 Å². The summed E-state index contributed by atoms with van der Waals surface area (Å²) in [6.07, 6.45) is 10.8. The third-order valence-corrected chi connectivity index (χ3v) is 3.39. The number of likely N-dealkylation sites (tertiary alicyclic amines) is 1. The van der Waals surface area contributed by atoms with Crippen molar-refractivity contribution < 1.29 is 9.59 Å². The minimum Gasteiger partial charge on any atom is -0.283 e. The van der Waals surface area contributed by atoms with Gasteiger partial charge in [-0.15, -0.1) is 0 Å². The lowest BCUT2D eigenvalue weighted by Crippen LogP contribution is -2.29. The van der Waals surface area contributed by atoms with Crippen molar-refractivity contribution in [1.82, 2.24) is 4.90 Å². The normalized spacial score (nSPS) is 15.9. The average Bonchev–Trinajstić information content (AvgIpc) is 2.63. The highest BCUT2D eigenvalue weighted by Gasteiger charge is 2.27. The maximum absolute atomic E-state index is 11.3. The zero-order valence-electron chi connectivity index (χ0n) is 11.0. The number of unbranched alkanes of at least 4 members (excludes halogenated alkanes) is 7. The van der Waals surface area contributed by atoms with Crippen LogP contribution in [0.2, 0.25) is 0 Å². The Balaban J connectivity index is 1.93. The van der Waals surface area contributed by atoms with Crippen LogP contribution in [-0.2, 0) is 9.59 Å². The Morgan fingerprint density at radius 3 is 1.82 bits per heavy atom. The highest BCUT2D eigenvalue weighted by Crippen LogP contribution is 2.14. The van der Waals surface area contributed by atoms with Crippen molar-refractivity contribution in [2.24, 2.45) is 0 Å². The van der Waals surface area contributed by atoms with Crippen molar-refractivity contribution in [3.63, 3.8) is 0 Å². The van der Waals surface area contributed by atoms with Gasteiger partial charge in [0.1, 0.15) is 0 Å². The van der Waals surface area contributed by atoms with Crippen LogP contribution < -0.4 is 0 Å². The van der Waals surface area contributed by atoms with Crippen molar-refractivity contribution >= 4 is 11.8 Å². The van der Waals surface area contributed by atoms with Crippen LogP contribution in [0, 0.1) is 0 Å². The number of hydrogen-bond donors (Lipinski definition) is 0. The quantitative estimate of drug-likeness (QED) is 0.457. The van der Waals surface area contributed by atoms with E-state index in [9.17, 15) is 9.59 Å². The summed E-state index contributed by atoms with van der Waals surface area (Å²) in [5.41, 5.74) is 0. The maximum atomic E-state index is 11.3. The number of carbonyl (C=O) groups is 2. The van der Waals surface area contributed by atoms with Crippen molar-refractivity contribution in [3.8, 4) is 0 Å². The van der Waals surface area contributed by atoms with E-state index in [1.54, 1.807) is 0 Å². The smallest absolute Gasteiger partial charge is 0.229 e. The Hall–Kier alpha value is -0.860. The number of hydrogen-bond acceptors (Lipinski definition) is 2. The van der Waals surface area contributed by atoms with Crippen LogP contribution in [0.4, 0.5) is 0 Å². The summed E-state index contributed by atoms with van der Waals surface area (Å²) in [6, 6.07) is 0. The first-order chi connectivity index (χ1) is 8.25. The van der Waals surface area contributed by atoms with Crippen LogP contribution in [0.1, 0.15) is 71.1 Å². The van der Waals surface area contributed by atoms with Gasteiger partial charge in [-0.1, -0.05) is 51.9 Å². The predicted octanol–water partition coefficient (Wildman–Crippen LogP) is 3.28. The predicted molar refractivity (Wildman–Crippen MR) is 68.6 cm³/mol. The number of rotatable bonds is 9. The molecule has 1 aliphatic heterocycles. The minimum atomic E-state index is 0.0259. The first-order valence-corrected chi connectivity index (χ1v) is 7.09. The van der Waals surface area contributed by atoms with Crippen molar-refractivity contribution in [1.29, 1.82) is 0 Å². The molecule has 0 saturated carbocycles. The third kappa shape index (κ3) is 5.33. The molecule has 0 atom stereocenters. The Kier molecular flexibility index (Phi) is 6.90. The van der Waals surface area contributed by atoms with Gasteiger partial charge >= 0.3 is 0 Å². The Labute approximate surface area is 105 Å². The summed E-state index contributed by atoms with van der Waals surface area (Å²) < 4.78 is 0. The summed E-state index contributed by atoms with van der Waals surface area (Å²) in [7, 11) is 0. The zero-order chi connectivity index (χ0) is 12.5. The molecule has 0 spiro atoms. The maximum Gasteiger partial charge on any atom is 0.229 e. The molecule has 2 amide bonds. The molecule has 0 aromatic heterocycles. The number of amides is 2. The minimum absolute atomic E-state index is 0.0259.